The van der Waals surface area contributed by atoms with E-state index in [2.05, 4.69) is 0 Å². The van der Waals surface area contributed by atoms with Crippen molar-refractivity contribution >= 4 is 0 Å². The lowest BCUT2D eigenvalue weighted by atomic mass is 10.5. The summed E-state index contributed by atoms with van der Waals surface area (Å²) in [6.45, 7) is 0. The van der Waals surface area contributed by atoms with Crippen LogP contribution in [0.3, 0.4) is 0 Å². The molecule has 6 heteroatoms. The molecule has 11 heavy (non-hydrogen) atoms. The summed E-state index contributed by atoms with van der Waals surface area (Å²) in [6, 6.07) is 5.34. The third kappa shape index (κ3) is 8.15. The molecule has 0 aliphatic heterocycles. The lowest BCUT2D eigenvalue weighted by Crippen LogP contribution is -2.27. The molecular formula is C5H6N2O4. The number of nitrogens with zero attached hydrogens (tertiary/aromatic N) is 2. The summed E-state index contributed by atoms with van der Waals surface area (Å²) in [7, 11) is 0. The van der Waals surface area contributed by atoms with Crippen molar-refractivity contribution in [2.24, 2.45) is 0 Å². The molecular weight excluding hydrogens is 152 g/mol. The SMILES string of the molecule is O=[N+]([O-])[O-].O[n+]1ccccc1. The number of rotatable bonds is 0. The molecule has 0 bridgehead atoms. The number of hydrogen-bond acceptors (Lipinski definition) is 4. The Bertz CT molecular complexity index is 209. The van der Waals surface area contributed by atoms with Crippen LogP contribution in [0.15, 0.2) is 30.6 Å². The Hall–Kier alpha value is -1.85. The fraction of sp³-hybridized carbons (Fsp3) is 0. The summed E-state index contributed by atoms with van der Waals surface area (Å²) in [4.78, 5) is 8.25. The van der Waals surface area contributed by atoms with Gasteiger partial charge in [0.15, 0.2) is 0 Å². The van der Waals surface area contributed by atoms with E-state index in [1.54, 1.807) is 24.5 Å². The van der Waals surface area contributed by atoms with Gasteiger partial charge in [-0.3, -0.25) is 5.21 Å². The predicted octanol–water partition coefficient (Wildman–Crippen LogP) is -0.0277. The molecule has 0 aliphatic rings. The second-order valence-corrected chi connectivity index (χ2v) is 1.48. The van der Waals surface area contributed by atoms with Gasteiger partial charge in [-0.05, 0) is 0 Å². The maximum Gasteiger partial charge on any atom is 0.222 e. The van der Waals surface area contributed by atoms with E-state index in [9.17, 15) is 0 Å². The zero-order valence-corrected chi connectivity index (χ0v) is 5.45. The third-order valence-corrected chi connectivity index (χ3v) is 0.700. The average Bonchev–Trinajstić information content (AvgIpc) is 1.87. The smallest absolute Gasteiger partial charge is 0.222 e. The summed E-state index contributed by atoms with van der Waals surface area (Å²) in [5.41, 5.74) is 0. The van der Waals surface area contributed by atoms with Crippen LogP contribution < -0.4 is 4.73 Å². The highest BCUT2D eigenvalue weighted by atomic mass is 16.9. The zero-order chi connectivity index (χ0) is 8.69. The van der Waals surface area contributed by atoms with Crippen molar-refractivity contribution in [3.05, 3.63) is 45.9 Å². The molecule has 1 heterocycles. The summed E-state index contributed by atoms with van der Waals surface area (Å²) >= 11 is 0. The van der Waals surface area contributed by atoms with Gasteiger partial charge in [0.05, 0.1) is 5.09 Å². The average molecular weight is 158 g/mol. The Morgan fingerprint density at radius 2 is 1.55 bits per heavy atom. The van der Waals surface area contributed by atoms with Gasteiger partial charge in [0, 0.05) is 16.9 Å². The Morgan fingerprint density at radius 3 is 1.73 bits per heavy atom. The first-order valence-electron chi connectivity index (χ1n) is 2.60. The maximum atomic E-state index is 8.55. The maximum absolute atomic E-state index is 8.55. The largest absolute Gasteiger partial charge is 0.356 e. The van der Waals surface area contributed by atoms with Crippen molar-refractivity contribution in [1.29, 1.82) is 0 Å². The molecule has 1 aromatic heterocycles. The van der Waals surface area contributed by atoms with Crippen molar-refractivity contribution in [2.45, 2.75) is 0 Å². The van der Waals surface area contributed by atoms with Crippen LogP contribution in [0.1, 0.15) is 0 Å². The highest BCUT2D eigenvalue weighted by Crippen LogP contribution is 1.71. The van der Waals surface area contributed by atoms with Gasteiger partial charge < -0.3 is 15.3 Å². The zero-order valence-electron chi connectivity index (χ0n) is 5.45. The molecule has 0 unspecified atom stereocenters. The predicted molar refractivity (Wildman–Crippen MR) is 34.2 cm³/mol. The van der Waals surface area contributed by atoms with E-state index in [1.165, 1.54) is 0 Å². The standard InChI is InChI=1S/C5H6NO.NO3/c7-6-4-2-1-3-5-6;2-1(3)4/h1-5,7H;/q+1;-1. The fourth-order valence-corrected chi connectivity index (χ4v) is 0.390. The highest BCUT2D eigenvalue weighted by molar-refractivity contribution is 4.82. The number of aromatic nitrogens is 1. The van der Waals surface area contributed by atoms with Crippen LogP contribution >= 0.6 is 0 Å². The van der Waals surface area contributed by atoms with E-state index < -0.39 is 5.09 Å². The van der Waals surface area contributed by atoms with E-state index in [1.807, 2.05) is 6.07 Å². The van der Waals surface area contributed by atoms with Crippen molar-refractivity contribution < 1.29 is 15.0 Å². The van der Waals surface area contributed by atoms with Crippen LogP contribution in [0, 0.1) is 15.3 Å². The Kier molecular flexibility index (Phi) is 4.14. The van der Waals surface area contributed by atoms with Crippen molar-refractivity contribution in [2.75, 3.05) is 0 Å². The van der Waals surface area contributed by atoms with Crippen molar-refractivity contribution in [1.82, 2.24) is 0 Å². The fourth-order valence-electron chi connectivity index (χ4n) is 0.390. The van der Waals surface area contributed by atoms with Gasteiger partial charge in [0.1, 0.15) is 0 Å². The minimum absolute atomic E-state index is 1.00. The van der Waals surface area contributed by atoms with Gasteiger partial charge in [-0.15, -0.1) is 0 Å². The molecule has 60 valence electrons. The second-order valence-electron chi connectivity index (χ2n) is 1.48. The Morgan fingerprint density at radius 1 is 1.18 bits per heavy atom. The van der Waals surface area contributed by atoms with Crippen LogP contribution in [-0.4, -0.2) is 10.3 Å². The van der Waals surface area contributed by atoms with Crippen LogP contribution in [-0.2, 0) is 0 Å². The van der Waals surface area contributed by atoms with Gasteiger partial charge in [-0.1, -0.05) is 6.07 Å². The lowest BCUT2D eigenvalue weighted by Gasteiger charge is -1.74. The first kappa shape index (κ1) is 9.15. The van der Waals surface area contributed by atoms with E-state index in [0.717, 1.165) is 4.73 Å². The normalized spacial score (nSPS) is 7.64. The van der Waals surface area contributed by atoms with E-state index in [0.29, 0.717) is 0 Å². The minimum atomic E-state index is -1.75. The summed E-state index contributed by atoms with van der Waals surface area (Å²) in [6.07, 6.45) is 3.11. The van der Waals surface area contributed by atoms with Crippen LogP contribution in [0.5, 0.6) is 0 Å². The van der Waals surface area contributed by atoms with Crippen LogP contribution in [0.25, 0.3) is 0 Å². The molecule has 0 aromatic carbocycles. The van der Waals surface area contributed by atoms with Gasteiger partial charge in [0.2, 0.25) is 12.4 Å². The summed E-state index contributed by atoms with van der Waals surface area (Å²) in [5, 5.41) is 23.3. The van der Waals surface area contributed by atoms with Gasteiger partial charge in [-0.2, -0.15) is 0 Å². The van der Waals surface area contributed by atoms with Crippen molar-refractivity contribution in [3.63, 3.8) is 0 Å². The number of hydrogen-bond donors (Lipinski definition) is 1. The molecule has 0 radical (unpaired) electrons. The molecule has 1 aromatic rings. The first-order chi connectivity index (χ1) is 5.13. The van der Waals surface area contributed by atoms with Crippen LogP contribution in [0.2, 0.25) is 0 Å². The molecule has 0 spiro atoms. The molecule has 6 nitrogen and oxygen atoms in total. The quantitative estimate of drug-likeness (QED) is 0.248. The van der Waals surface area contributed by atoms with Crippen molar-refractivity contribution in [3.8, 4) is 0 Å². The van der Waals surface area contributed by atoms with Gasteiger partial charge in [0.25, 0.3) is 0 Å². The molecule has 0 fully saturated rings. The van der Waals surface area contributed by atoms with E-state index in [-0.39, 0.29) is 0 Å². The van der Waals surface area contributed by atoms with Gasteiger partial charge >= 0.3 is 0 Å². The topological polar surface area (TPSA) is 90.3 Å². The monoisotopic (exact) mass is 158 g/mol. The summed E-state index contributed by atoms with van der Waals surface area (Å²) in [5.74, 6) is 0. The molecule has 0 amide bonds. The molecule has 1 N–H and O–H groups in total. The molecule has 0 aliphatic carbocycles. The van der Waals surface area contributed by atoms with Crippen LogP contribution in [0.4, 0.5) is 0 Å². The molecule has 0 atom stereocenters. The lowest BCUT2D eigenvalue weighted by molar-refractivity contribution is -0.904. The minimum Gasteiger partial charge on any atom is -0.356 e. The Labute approximate surface area is 62.0 Å². The molecule has 1 rings (SSSR count). The van der Waals surface area contributed by atoms with E-state index >= 15 is 0 Å². The van der Waals surface area contributed by atoms with Gasteiger partial charge in [-0.25, -0.2) is 0 Å². The second kappa shape index (κ2) is 4.98. The van der Waals surface area contributed by atoms with E-state index in [4.69, 9.17) is 20.5 Å². The summed E-state index contributed by atoms with van der Waals surface area (Å²) < 4.78 is 1.00. The Balaban J connectivity index is 0.000000218. The molecule has 0 saturated heterocycles. The number of pyridine rings is 1. The highest BCUT2D eigenvalue weighted by Gasteiger charge is 1.82. The molecule has 0 saturated carbocycles. The first-order valence-corrected chi connectivity index (χ1v) is 2.60. The third-order valence-electron chi connectivity index (χ3n) is 0.700.